The Morgan fingerprint density at radius 1 is 1.43 bits per heavy atom. The summed E-state index contributed by atoms with van der Waals surface area (Å²) in [6.07, 6.45) is 4.76. The van der Waals surface area contributed by atoms with Gasteiger partial charge in [0, 0.05) is 11.0 Å². The zero-order chi connectivity index (χ0) is 10.8. The monoisotopic (exact) mass is 196 g/mol. The van der Waals surface area contributed by atoms with E-state index in [4.69, 9.17) is 4.74 Å². The second-order valence-corrected chi connectivity index (χ2v) is 4.89. The molecule has 0 aromatic heterocycles. The molecule has 0 unspecified atom stereocenters. The fourth-order valence-corrected chi connectivity index (χ4v) is 1.71. The van der Waals surface area contributed by atoms with Gasteiger partial charge in [-0.1, -0.05) is 13.8 Å². The van der Waals surface area contributed by atoms with Gasteiger partial charge in [-0.05, 0) is 33.1 Å². The Bertz CT molecular complexity index is 249. The van der Waals surface area contributed by atoms with Gasteiger partial charge in [-0.15, -0.1) is 0 Å². The van der Waals surface area contributed by atoms with Gasteiger partial charge in [0.25, 0.3) is 0 Å². The molecule has 2 nitrogen and oxygen atoms in total. The Labute approximate surface area is 86.3 Å². The van der Waals surface area contributed by atoms with Gasteiger partial charge in [-0.2, -0.15) is 0 Å². The molecular formula is C12H20O2. The molecule has 80 valence electrons. The summed E-state index contributed by atoms with van der Waals surface area (Å²) in [5.74, 6) is 0.254. The molecule has 0 aromatic carbocycles. The van der Waals surface area contributed by atoms with Gasteiger partial charge >= 0.3 is 0 Å². The molecule has 0 radical (unpaired) electrons. The predicted molar refractivity (Wildman–Crippen MR) is 56.9 cm³/mol. The number of Topliss-reactive ketones (excluding diaryl/α,β-unsaturated/α-hetero) is 1. The van der Waals surface area contributed by atoms with Crippen molar-refractivity contribution in [1.82, 2.24) is 0 Å². The van der Waals surface area contributed by atoms with Crippen molar-refractivity contribution in [2.24, 2.45) is 5.41 Å². The number of rotatable bonds is 2. The van der Waals surface area contributed by atoms with Crippen molar-refractivity contribution in [3.05, 3.63) is 11.8 Å². The molecule has 2 heteroatoms. The molecule has 0 N–H and O–H groups in total. The molecule has 0 amide bonds. The highest BCUT2D eigenvalue weighted by molar-refractivity contribution is 5.99. The maximum Gasteiger partial charge on any atom is 0.167 e. The quantitative estimate of drug-likeness (QED) is 0.501. The van der Waals surface area contributed by atoms with Crippen molar-refractivity contribution in [1.29, 1.82) is 0 Å². The molecule has 1 rings (SSSR count). The molecule has 0 heterocycles. The Balaban J connectivity index is 2.70. The van der Waals surface area contributed by atoms with E-state index in [0.717, 1.165) is 24.8 Å². The minimum atomic E-state index is -0.190. The lowest BCUT2D eigenvalue weighted by Gasteiger charge is -2.29. The second kappa shape index (κ2) is 4.16. The number of hydrogen-bond donors (Lipinski definition) is 0. The summed E-state index contributed by atoms with van der Waals surface area (Å²) in [6.45, 7) is 7.96. The minimum absolute atomic E-state index is 0.153. The van der Waals surface area contributed by atoms with Gasteiger partial charge in [-0.25, -0.2) is 0 Å². The van der Waals surface area contributed by atoms with Crippen molar-refractivity contribution >= 4 is 5.78 Å². The third-order valence-electron chi connectivity index (χ3n) is 2.64. The van der Waals surface area contributed by atoms with E-state index >= 15 is 0 Å². The van der Waals surface area contributed by atoms with Gasteiger partial charge in [-0.3, -0.25) is 4.79 Å². The van der Waals surface area contributed by atoms with E-state index in [1.165, 1.54) is 0 Å². The Kier molecular flexibility index (Phi) is 3.35. The first-order chi connectivity index (χ1) is 6.43. The third kappa shape index (κ3) is 2.60. The fourth-order valence-electron chi connectivity index (χ4n) is 1.71. The van der Waals surface area contributed by atoms with E-state index in [-0.39, 0.29) is 17.3 Å². The largest absolute Gasteiger partial charge is 0.498 e. The van der Waals surface area contributed by atoms with E-state index in [1.54, 1.807) is 6.26 Å². The molecule has 0 atom stereocenters. The maximum absolute atomic E-state index is 11.9. The second-order valence-electron chi connectivity index (χ2n) is 4.89. The number of ketones is 1. The lowest BCUT2D eigenvalue weighted by molar-refractivity contribution is -0.125. The molecular weight excluding hydrogens is 176 g/mol. The van der Waals surface area contributed by atoms with Crippen molar-refractivity contribution in [2.75, 3.05) is 0 Å². The van der Waals surface area contributed by atoms with Gasteiger partial charge in [0.15, 0.2) is 5.78 Å². The van der Waals surface area contributed by atoms with Crippen LogP contribution < -0.4 is 0 Å². The highest BCUT2D eigenvalue weighted by atomic mass is 16.5. The van der Waals surface area contributed by atoms with Crippen LogP contribution >= 0.6 is 0 Å². The lowest BCUT2D eigenvalue weighted by atomic mass is 9.74. The standard InChI is InChI=1S/C12H20O2/c1-9(2)14-8-10-6-5-7-12(3,4)11(10)13/h8-9H,5-7H2,1-4H3/b10-8-. The molecule has 0 aromatic rings. The average Bonchev–Trinajstić information content (AvgIpc) is 2.07. The van der Waals surface area contributed by atoms with E-state index in [9.17, 15) is 4.79 Å². The lowest BCUT2D eigenvalue weighted by Crippen LogP contribution is -2.29. The van der Waals surface area contributed by atoms with Crippen LogP contribution in [0, 0.1) is 5.41 Å². The Hall–Kier alpha value is -0.790. The van der Waals surface area contributed by atoms with Crippen molar-refractivity contribution in [3.63, 3.8) is 0 Å². The van der Waals surface area contributed by atoms with E-state index < -0.39 is 0 Å². The summed E-state index contributed by atoms with van der Waals surface area (Å²) < 4.78 is 5.36. The van der Waals surface area contributed by atoms with Crippen LogP contribution in [0.2, 0.25) is 0 Å². The van der Waals surface area contributed by atoms with Crippen LogP contribution in [-0.4, -0.2) is 11.9 Å². The highest BCUT2D eigenvalue weighted by Crippen LogP contribution is 2.34. The molecule has 0 aliphatic heterocycles. The summed E-state index contributed by atoms with van der Waals surface area (Å²) in [7, 11) is 0. The van der Waals surface area contributed by atoms with Gasteiger partial charge < -0.3 is 4.74 Å². The number of carbonyl (C=O) groups is 1. The maximum atomic E-state index is 11.9. The fraction of sp³-hybridized carbons (Fsp3) is 0.750. The first kappa shape index (κ1) is 11.3. The van der Waals surface area contributed by atoms with Crippen LogP contribution in [0.15, 0.2) is 11.8 Å². The number of ether oxygens (including phenoxy) is 1. The van der Waals surface area contributed by atoms with E-state index in [2.05, 4.69) is 0 Å². The summed E-state index contributed by atoms with van der Waals surface area (Å²) in [5.41, 5.74) is 0.666. The smallest absolute Gasteiger partial charge is 0.167 e. The van der Waals surface area contributed by atoms with Gasteiger partial charge in [0.2, 0.25) is 0 Å². The number of hydrogen-bond acceptors (Lipinski definition) is 2. The molecule has 1 fully saturated rings. The molecule has 0 spiro atoms. The third-order valence-corrected chi connectivity index (χ3v) is 2.64. The zero-order valence-corrected chi connectivity index (χ0v) is 9.59. The highest BCUT2D eigenvalue weighted by Gasteiger charge is 2.33. The first-order valence-electron chi connectivity index (χ1n) is 5.33. The van der Waals surface area contributed by atoms with Crippen molar-refractivity contribution in [2.45, 2.75) is 53.1 Å². The van der Waals surface area contributed by atoms with Crippen LogP contribution in [0.5, 0.6) is 0 Å². The van der Waals surface area contributed by atoms with Gasteiger partial charge in [0.05, 0.1) is 12.4 Å². The topological polar surface area (TPSA) is 26.3 Å². The van der Waals surface area contributed by atoms with E-state index in [0.29, 0.717) is 0 Å². The first-order valence-corrected chi connectivity index (χ1v) is 5.33. The predicted octanol–water partition coefficient (Wildman–Crippen LogP) is 3.07. The normalized spacial score (nSPS) is 24.4. The average molecular weight is 196 g/mol. The summed E-state index contributed by atoms with van der Waals surface area (Å²) >= 11 is 0. The zero-order valence-electron chi connectivity index (χ0n) is 9.59. The summed E-state index contributed by atoms with van der Waals surface area (Å²) in [5, 5.41) is 0. The van der Waals surface area contributed by atoms with Crippen molar-refractivity contribution < 1.29 is 9.53 Å². The molecule has 1 aliphatic carbocycles. The Morgan fingerprint density at radius 2 is 2.07 bits per heavy atom. The van der Waals surface area contributed by atoms with Crippen LogP contribution in [0.4, 0.5) is 0 Å². The van der Waals surface area contributed by atoms with Gasteiger partial charge in [0.1, 0.15) is 0 Å². The molecule has 1 saturated carbocycles. The number of allylic oxidation sites excluding steroid dienone is 1. The minimum Gasteiger partial charge on any atom is -0.498 e. The molecule has 0 bridgehead atoms. The van der Waals surface area contributed by atoms with Crippen molar-refractivity contribution in [3.8, 4) is 0 Å². The van der Waals surface area contributed by atoms with Crippen LogP contribution in [0.3, 0.4) is 0 Å². The SMILES string of the molecule is CC(C)O/C=C1/CCCC(C)(C)C1=O. The van der Waals surface area contributed by atoms with Crippen LogP contribution in [0.25, 0.3) is 0 Å². The number of carbonyl (C=O) groups excluding carboxylic acids is 1. The Morgan fingerprint density at radius 3 is 2.64 bits per heavy atom. The summed E-state index contributed by atoms with van der Waals surface area (Å²) in [4.78, 5) is 11.9. The molecule has 14 heavy (non-hydrogen) atoms. The summed E-state index contributed by atoms with van der Waals surface area (Å²) in [6, 6.07) is 0. The van der Waals surface area contributed by atoms with E-state index in [1.807, 2.05) is 27.7 Å². The molecule has 0 saturated heterocycles. The van der Waals surface area contributed by atoms with Crippen LogP contribution in [0.1, 0.15) is 47.0 Å². The molecule has 1 aliphatic rings. The van der Waals surface area contributed by atoms with Crippen LogP contribution in [-0.2, 0) is 9.53 Å².